The highest BCUT2D eigenvalue weighted by Crippen LogP contribution is 2.22. The fourth-order valence-electron chi connectivity index (χ4n) is 2.71. The van der Waals surface area contributed by atoms with Gasteiger partial charge in [-0.1, -0.05) is 12.8 Å². The van der Waals surface area contributed by atoms with Gasteiger partial charge in [0.05, 0.1) is 4.90 Å². The van der Waals surface area contributed by atoms with Crippen LogP contribution in [-0.2, 0) is 10.0 Å². The standard InChI is InChI=1S/C16H22N2O3S/c19-16(17-14-7-8-14)13-5-9-15(10-6-13)22(20,21)18-11-3-1-2-4-12-18/h5-6,9-10,14H,1-4,7-8,11-12H2,(H,17,19). The second kappa shape index (κ2) is 6.38. The van der Waals surface area contributed by atoms with Crippen LogP contribution in [0, 0.1) is 0 Å². The van der Waals surface area contributed by atoms with Crippen molar-refractivity contribution in [2.24, 2.45) is 0 Å². The number of sulfonamides is 1. The average molecular weight is 322 g/mol. The topological polar surface area (TPSA) is 66.5 Å². The zero-order valence-corrected chi connectivity index (χ0v) is 13.4. The molecular formula is C16H22N2O3S. The van der Waals surface area contributed by atoms with Gasteiger partial charge in [0.15, 0.2) is 0 Å². The van der Waals surface area contributed by atoms with Crippen molar-refractivity contribution in [1.82, 2.24) is 9.62 Å². The Morgan fingerprint density at radius 2 is 1.59 bits per heavy atom. The Morgan fingerprint density at radius 1 is 1.00 bits per heavy atom. The molecule has 3 rings (SSSR count). The highest BCUT2D eigenvalue weighted by Gasteiger charge is 2.26. The largest absolute Gasteiger partial charge is 0.349 e. The summed E-state index contributed by atoms with van der Waals surface area (Å²) in [5, 5.41) is 2.90. The molecule has 0 bridgehead atoms. The molecule has 0 radical (unpaired) electrons. The Balaban J connectivity index is 1.74. The number of carbonyl (C=O) groups is 1. The van der Waals surface area contributed by atoms with Gasteiger partial charge in [-0.2, -0.15) is 4.31 Å². The normalized spacial score (nSPS) is 20.4. The monoisotopic (exact) mass is 322 g/mol. The molecule has 0 atom stereocenters. The first kappa shape index (κ1) is 15.5. The minimum atomic E-state index is -3.44. The minimum Gasteiger partial charge on any atom is -0.349 e. The SMILES string of the molecule is O=C(NC1CC1)c1ccc(S(=O)(=O)N2CCCCCC2)cc1. The van der Waals surface area contributed by atoms with Crippen molar-refractivity contribution < 1.29 is 13.2 Å². The Labute approximate surface area is 131 Å². The fourth-order valence-corrected chi connectivity index (χ4v) is 4.22. The maximum absolute atomic E-state index is 12.6. The molecule has 1 N–H and O–H groups in total. The lowest BCUT2D eigenvalue weighted by Gasteiger charge is -2.20. The number of hydrogen-bond donors (Lipinski definition) is 1. The van der Waals surface area contributed by atoms with E-state index in [9.17, 15) is 13.2 Å². The zero-order valence-electron chi connectivity index (χ0n) is 12.6. The van der Waals surface area contributed by atoms with Crippen molar-refractivity contribution >= 4 is 15.9 Å². The molecule has 2 fully saturated rings. The lowest BCUT2D eigenvalue weighted by Crippen LogP contribution is -2.32. The average Bonchev–Trinajstić information content (AvgIpc) is 3.33. The Bertz CT molecular complexity index is 628. The molecule has 1 heterocycles. The van der Waals surface area contributed by atoms with Gasteiger partial charge in [-0.15, -0.1) is 0 Å². The van der Waals surface area contributed by atoms with Crippen LogP contribution in [0.25, 0.3) is 0 Å². The van der Waals surface area contributed by atoms with Crippen molar-refractivity contribution in [3.63, 3.8) is 0 Å². The minimum absolute atomic E-state index is 0.124. The summed E-state index contributed by atoms with van der Waals surface area (Å²) in [4.78, 5) is 12.2. The van der Waals surface area contributed by atoms with E-state index in [1.54, 1.807) is 28.6 Å². The summed E-state index contributed by atoms with van der Waals surface area (Å²) in [6.45, 7) is 1.18. The number of carbonyl (C=O) groups excluding carboxylic acids is 1. The summed E-state index contributed by atoms with van der Waals surface area (Å²) in [7, 11) is -3.44. The molecule has 22 heavy (non-hydrogen) atoms. The van der Waals surface area contributed by atoms with Gasteiger partial charge in [-0.3, -0.25) is 4.79 Å². The van der Waals surface area contributed by atoms with E-state index < -0.39 is 10.0 Å². The van der Waals surface area contributed by atoms with E-state index in [4.69, 9.17) is 0 Å². The quantitative estimate of drug-likeness (QED) is 0.923. The number of amides is 1. The molecular weight excluding hydrogens is 300 g/mol. The summed E-state index contributed by atoms with van der Waals surface area (Å²) in [6.07, 6.45) is 6.08. The predicted octanol–water partition coefficient (Wildman–Crippen LogP) is 2.14. The Kier molecular flexibility index (Phi) is 4.49. The van der Waals surface area contributed by atoms with Gasteiger partial charge in [0.1, 0.15) is 0 Å². The predicted molar refractivity (Wildman–Crippen MR) is 84.2 cm³/mol. The summed E-state index contributed by atoms with van der Waals surface area (Å²) >= 11 is 0. The molecule has 1 aliphatic carbocycles. The van der Waals surface area contributed by atoms with Gasteiger partial charge < -0.3 is 5.32 Å². The summed E-state index contributed by atoms with van der Waals surface area (Å²) in [5.74, 6) is -0.124. The molecule has 1 amide bonds. The van der Waals surface area contributed by atoms with Gasteiger partial charge in [0, 0.05) is 24.7 Å². The molecule has 1 aliphatic heterocycles. The third-order valence-corrected chi connectivity index (χ3v) is 6.14. The summed E-state index contributed by atoms with van der Waals surface area (Å²) in [6, 6.07) is 6.59. The van der Waals surface area contributed by atoms with Crippen LogP contribution < -0.4 is 5.32 Å². The van der Waals surface area contributed by atoms with Gasteiger partial charge in [0.2, 0.25) is 10.0 Å². The first-order valence-corrected chi connectivity index (χ1v) is 9.42. The van der Waals surface area contributed by atoms with Gasteiger partial charge in [-0.05, 0) is 49.9 Å². The first-order chi connectivity index (χ1) is 10.6. The van der Waals surface area contributed by atoms with Crippen LogP contribution in [0.3, 0.4) is 0 Å². The fraction of sp³-hybridized carbons (Fsp3) is 0.562. The zero-order chi connectivity index (χ0) is 15.6. The van der Waals surface area contributed by atoms with E-state index in [2.05, 4.69) is 5.32 Å². The molecule has 0 unspecified atom stereocenters. The molecule has 1 aromatic rings. The molecule has 1 saturated carbocycles. The van der Waals surface area contributed by atoms with E-state index in [0.717, 1.165) is 38.5 Å². The number of hydrogen-bond acceptors (Lipinski definition) is 3. The van der Waals surface area contributed by atoms with E-state index in [0.29, 0.717) is 24.7 Å². The third-order valence-electron chi connectivity index (χ3n) is 4.23. The van der Waals surface area contributed by atoms with Crippen molar-refractivity contribution in [3.8, 4) is 0 Å². The second-order valence-electron chi connectivity index (χ2n) is 6.09. The van der Waals surface area contributed by atoms with E-state index in [-0.39, 0.29) is 10.8 Å². The lowest BCUT2D eigenvalue weighted by atomic mass is 10.2. The number of nitrogens with zero attached hydrogens (tertiary/aromatic N) is 1. The van der Waals surface area contributed by atoms with Crippen LogP contribution in [0.2, 0.25) is 0 Å². The molecule has 6 heteroatoms. The summed E-state index contributed by atoms with van der Waals surface area (Å²) < 4.78 is 26.8. The van der Waals surface area contributed by atoms with E-state index in [1.165, 1.54) is 0 Å². The van der Waals surface area contributed by atoms with Gasteiger partial charge in [-0.25, -0.2) is 8.42 Å². The summed E-state index contributed by atoms with van der Waals surface area (Å²) in [5.41, 5.74) is 0.515. The van der Waals surface area contributed by atoms with Gasteiger partial charge in [0.25, 0.3) is 5.91 Å². The highest BCUT2D eigenvalue weighted by atomic mass is 32.2. The van der Waals surface area contributed by atoms with E-state index in [1.807, 2.05) is 0 Å². The van der Waals surface area contributed by atoms with Crippen molar-refractivity contribution in [3.05, 3.63) is 29.8 Å². The third kappa shape index (κ3) is 3.50. The van der Waals surface area contributed by atoms with E-state index >= 15 is 0 Å². The molecule has 1 aromatic carbocycles. The van der Waals surface area contributed by atoms with Crippen molar-refractivity contribution in [1.29, 1.82) is 0 Å². The van der Waals surface area contributed by atoms with Crippen LogP contribution in [0.15, 0.2) is 29.2 Å². The van der Waals surface area contributed by atoms with Crippen LogP contribution in [0.4, 0.5) is 0 Å². The molecule has 120 valence electrons. The maximum Gasteiger partial charge on any atom is 0.251 e. The van der Waals surface area contributed by atoms with Crippen LogP contribution in [0.1, 0.15) is 48.9 Å². The molecule has 2 aliphatic rings. The Hall–Kier alpha value is -1.40. The van der Waals surface area contributed by atoms with Crippen LogP contribution >= 0.6 is 0 Å². The van der Waals surface area contributed by atoms with Gasteiger partial charge >= 0.3 is 0 Å². The van der Waals surface area contributed by atoms with Crippen LogP contribution in [0.5, 0.6) is 0 Å². The number of benzene rings is 1. The first-order valence-electron chi connectivity index (χ1n) is 7.98. The van der Waals surface area contributed by atoms with Crippen molar-refractivity contribution in [2.75, 3.05) is 13.1 Å². The Morgan fingerprint density at radius 3 is 2.14 bits per heavy atom. The number of rotatable bonds is 4. The lowest BCUT2D eigenvalue weighted by molar-refractivity contribution is 0.0951. The smallest absolute Gasteiger partial charge is 0.251 e. The second-order valence-corrected chi connectivity index (χ2v) is 8.03. The molecule has 0 aromatic heterocycles. The molecule has 5 nitrogen and oxygen atoms in total. The highest BCUT2D eigenvalue weighted by molar-refractivity contribution is 7.89. The van der Waals surface area contributed by atoms with Crippen molar-refractivity contribution in [2.45, 2.75) is 49.5 Å². The number of nitrogens with one attached hydrogen (secondary N) is 1. The molecule has 1 saturated heterocycles. The maximum atomic E-state index is 12.6. The van der Waals surface area contributed by atoms with Crippen LogP contribution in [-0.4, -0.2) is 37.8 Å². The molecule has 0 spiro atoms.